The molecule has 2 heterocycles. The maximum atomic E-state index is 5.97. The standard InChI is InChI=1S/C13H16ClN3/c1-8-5-10(8)7-17-12(6-14)16-11-4-3-9(2)15-13(11)17/h3-4,8,10H,5-7H2,1-2H3. The Hall–Kier alpha value is -1.09. The molecule has 1 aliphatic rings. The van der Waals surface area contributed by atoms with Crippen LogP contribution >= 0.6 is 11.6 Å². The predicted octanol–water partition coefficient (Wildman–Crippen LogP) is 3.13. The van der Waals surface area contributed by atoms with Gasteiger partial charge in [-0.25, -0.2) is 9.97 Å². The van der Waals surface area contributed by atoms with Gasteiger partial charge < -0.3 is 4.57 Å². The van der Waals surface area contributed by atoms with Crippen LogP contribution in [-0.2, 0) is 12.4 Å². The molecule has 4 heteroatoms. The highest BCUT2D eigenvalue weighted by Crippen LogP contribution is 2.39. The fourth-order valence-electron chi connectivity index (χ4n) is 2.33. The van der Waals surface area contributed by atoms with Gasteiger partial charge in [-0.2, -0.15) is 0 Å². The Morgan fingerprint density at radius 3 is 2.82 bits per heavy atom. The third-order valence-electron chi connectivity index (χ3n) is 3.62. The third kappa shape index (κ3) is 1.93. The summed E-state index contributed by atoms with van der Waals surface area (Å²) in [5.41, 5.74) is 2.97. The van der Waals surface area contributed by atoms with Crippen molar-refractivity contribution in [3.8, 4) is 0 Å². The van der Waals surface area contributed by atoms with E-state index >= 15 is 0 Å². The van der Waals surface area contributed by atoms with Gasteiger partial charge in [0.25, 0.3) is 0 Å². The Labute approximate surface area is 106 Å². The normalized spacial score (nSPS) is 23.2. The van der Waals surface area contributed by atoms with E-state index in [9.17, 15) is 0 Å². The molecule has 0 amide bonds. The maximum absolute atomic E-state index is 5.97. The van der Waals surface area contributed by atoms with Gasteiger partial charge >= 0.3 is 0 Å². The Morgan fingerprint density at radius 1 is 1.41 bits per heavy atom. The molecule has 2 aromatic rings. The lowest BCUT2D eigenvalue weighted by Gasteiger charge is -2.06. The minimum Gasteiger partial charge on any atom is -0.311 e. The lowest BCUT2D eigenvalue weighted by molar-refractivity contribution is 0.587. The first-order chi connectivity index (χ1) is 8.19. The molecule has 3 rings (SSSR count). The van der Waals surface area contributed by atoms with E-state index in [1.54, 1.807) is 0 Å². The maximum Gasteiger partial charge on any atom is 0.160 e. The number of aryl methyl sites for hydroxylation is 1. The van der Waals surface area contributed by atoms with E-state index in [0.717, 1.165) is 41.1 Å². The number of fused-ring (bicyclic) bond motifs is 1. The van der Waals surface area contributed by atoms with Gasteiger partial charge in [0.05, 0.1) is 5.88 Å². The lowest BCUT2D eigenvalue weighted by Crippen LogP contribution is -2.06. The zero-order chi connectivity index (χ0) is 12.0. The molecule has 0 aromatic carbocycles. The Balaban J connectivity index is 2.08. The van der Waals surface area contributed by atoms with E-state index in [2.05, 4.69) is 21.5 Å². The quantitative estimate of drug-likeness (QED) is 0.783. The number of halogens is 1. The number of aromatic nitrogens is 3. The molecular weight excluding hydrogens is 234 g/mol. The number of hydrogen-bond acceptors (Lipinski definition) is 2. The zero-order valence-corrected chi connectivity index (χ0v) is 10.9. The number of alkyl halides is 1. The van der Waals surface area contributed by atoms with Crippen LogP contribution in [0.3, 0.4) is 0 Å². The van der Waals surface area contributed by atoms with Gasteiger partial charge in [0.2, 0.25) is 0 Å². The summed E-state index contributed by atoms with van der Waals surface area (Å²) < 4.78 is 2.20. The van der Waals surface area contributed by atoms with Crippen molar-refractivity contribution in [3.05, 3.63) is 23.7 Å². The minimum atomic E-state index is 0.455. The first kappa shape index (κ1) is 11.0. The van der Waals surface area contributed by atoms with Crippen molar-refractivity contribution in [1.29, 1.82) is 0 Å². The fraction of sp³-hybridized carbons (Fsp3) is 0.538. The topological polar surface area (TPSA) is 30.7 Å². The van der Waals surface area contributed by atoms with Crippen molar-refractivity contribution < 1.29 is 0 Å². The summed E-state index contributed by atoms with van der Waals surface area (Å²) in [6.07, 6.45) is 1.31. The number of pyridine rings is 1. The van der Waals surface area contributed by atoms with E-state index in [0.29, 0.717) is 5.88 Å². The van der Waals surface area contributed by atoms with Crippen molar-refractivity contribution in [1.82, 2.24) is 14.5 Å². The molecule has 3 nitrogen and oxygen atoms in total. The van der Waals surface area contributed by atoms with Crippen molar-refractivity contribution in [2.24, 2.45) is 11.8 Å². The van der Waals surface area contributed by atoms with E-state index in [1.165, 1.54) is 6.42 Å². The van der Waals surface area contributed by atoms with Crippen molar-refractivity contribution in [2.45, 2.75) is 32.7 Å². The average molecular weight is 250 g/mol. The highest BCUT2D eigenvalue weighted by atomic mass is 35.5. The molecule has 0 bridgehead atoms. The van der Waals surface area contributed by atoms with Crippen molar-refractivity contribution >= 4 is 22.8 Å². The second-order valence-corrected chi connectivity index (χ2v) is 5.31. The summed E-state index contributed by atoms with van der Waals surface area (Å²) in [5, 5.41) is 0. The van der Waals surface area contributed by atoms with Crippen molar-refractivity contribution in [3.63, 3.8) is 0 Å². The summed E-state index contributed by atoms with van der Waals surface area (Å²) in [6, 6.07) is 4.03. The number of rotatable bonds is 3. The molecule has 0 N–H and O–H groups in total. The Bertz CT molecular complexity index is 561. The molecule has 2 atom stereocenters. The molecule has 1 saturated carbocycles. The molecule has 17 heavy (non-hydrogen) atoms. The average Bonchev–Trinajstić information content (AvgIpc) is 2.89. The van der Waals surface area contributed by atoms with Crippen LogP contribution in [-0.4, -0.2) is 14.5 Å². The van der Waals surface area contributed by atoms with Crippen LogP contribution in [0.15, 0.2) is 12.1 Å². The van der Waals surface area contributed by atoms with Gasteiger partial charge in [0.15, 0.2) is 5.65 Å². The first-order valence-corrected chi connectivity index (χ1v) is 6.61. The van der Waals surface area contributed by atoms with Crippen molar-refractivity contribution in [2.75, 3.05) is 0 Å². The van der Waals surface area contributed by atoms with Gasteiger partial charge in [-0.05, 0) is 37.3 Å². The molecule has 1 fully saturated rings. The highest BCUT2D eigenvalue weighted by molar-refractivity contribution is 6.16. The zero-order valence-electron chi connectivity index (χ0n) is 10.2. The fourth-order valence-corrected chi connectivity index (χ4v) is 2.53. The second-order valence-electron chi connectivity index (χ2n) is 5.04. The molecule has 90 valence electrons. The van der Waals surface area contributed by atoms with Crippen LogP contribution in [0.4, 0.5) is 0 Å². The SMILES string of the molecule is Cc1ccc2nc(CCl)n(CC3CC3C)c2n1. The van der Waals surface area contributed by atoms with E-state index < -0.39 is 0 Å². The smallest absolute Gasteiger partial charge is 0.160 e. The van der Waals surface area contributed by atoms with Crippen LogP contribution in [0, 0.1) is 18.8 Å². The number of imidazole rings is 1. The highest BCUT2D eigenvalue weighted by Gasteiger charge is 2.33. The number of nitrogens with zero attached hydrogens (tertiary/aromatic N) is 3. The Kier molecular flexibility index (Phi) is 2.58. The van der Waals surface area contributed by atoms with E-state index in [4.69, 9.17) is 11.6 Å². The molecular formula is C13H16ClN3. The van der Waals surface area contributed by atoms with Gasteiger partial charge in [0.1, 0.15) is 11.3 Å². The van der Waals surface area contributed by atoms with Crippen LogP contribution in [0.5, 0.6) is 0 Å². The molecule has 0 spiro atoms. The molecule has 0 radical (unpaired) electrons. The summed E-state index contributed by atoms with van der Waals surface area (Å²) in [7, 11) is 0. The number of hydrogen-bond donors (Lipinski definition) is 0. The van der Waals surface area contributed by atoms with Crippen LogP contribution in [0.25, 0.3) is 11.2 Å². The third-order valence-corrected chi connectivity index (χ3v) is 3.86. The summed E-state index contributed by atoms with van der Waals surface area (Å²) >= 11 is 5.97. The minimum absolute atomic E-state index is 0.455. The summed E-state index contributed by atoms with van der Waals surface area (Å²) in [5.74, 6) is 3.01. The predicted molar refractivity (Wildman–Crippen MR) is 69.1 cm³/mol. The Morgan fingerprint density at radius 2 is 2.18 bits per heavy atom. The molecule has 0 saturated heterocycles. The van der Waals surface area contributed by atoms with Crippen LogP contribution in [0.2, 0.25) is 0 Å². The van der Waals surface area contributed by atoms with Crippen LogP contribution < -0.4 is 0 Å². The monoisotopic (exact) mass is 249 g/mol. The lowest BCUT2D eigenvalue weighted by atomic mass is 10.3. The molecule has 2 aromatic heterocycles. The molecule has 1 aliphatic carbocycles. The molecule has 2 unspecified atom stereocenters. The van der Waals surface area contributed by atoms with Gasteiger partial charge in [-0.15, -0.1) is 11.6 Å². The van der Waals surface area contributed by atoms with Gasteiger partial charge in [0, 0.05) is 12.2 Å². The first-order valence-electron chi connectivity index (χ1n) is 6.07. The van der Waals surface area contributed by atoms with E-state index in [1.807, 2.05) is 19.1 Å². The van der Waals surface area contributed by atoms with E-state index in [-0.39, 0.29) is 0 Å². The second kappa shape index (κ2) is 3.98. The van der Waals surface area contributed by atoms with Gasteiger partial charge in [-0.1, -0.05) is 6.92 Å². The molecule has 0 aliphatic heterocycles. The van der Waals surface area contributed by atoms with Gasteiger partial charge in [-0.3, -0.25) is 0 Å². The van der Waals surface area contributed by atoms with Crippen LogP contribution in [0.1, 0.15) is 24.9 Å². The summed E-state index contributed by atoms with van der Waals surface area (Å²) in [6.45, 7) is 5.32. The summed E-state index contributed by atoms with van der Waals surface area (Å²) in [4.78, 5) is 9.14. The largest absolute Gasteiger partial charge is 0.311 e.